The summed E-state index contributed by atoms with van der Waals surface area (Å²) in [7, 11) is 1.49. The van der Waals surface area contributed by atoms with Crippen molar-refractivity contribution in [2.75, 3.05) is 19.4 Å². The molecule has 3 nitrogen and oxygen atoms in total. The number of nitrogen functional groups attached to an aromatic ring is 1. The molecule has 76 valence electrons. The molecule has 14 heavy (non-hydrogen) atoms. The number of benzene rings is 1. The molecular formula is C10H13FN2O. The largest absolute Gasteiger partial charge is 0.495 e. The van der Waals surface area contributed by atoms with Crippen LogP contribution in [0.15, 0.2) is 18.2 Å². The molecule has 1 rings (SSSR count). The van der Waals surface area contributed by atoms with Crippen LogP contribution in [0, 0.1) is 5.82 Å². The van der Waals surface area contributed by atoms with Gasteiger partial charge in [0.25, 0.3) is 0 Å². The topological polar surface area (TPSA) is 61.3 Å². The Hall–Kier alpha value is -1.55. The highest BCUT2D eigenvalue weighted by Gasteiger charge is 2.05. The lowest BCUT2D eigenvalue weighted by Gasteiger charge is -2.06. The Balaban J connectivity index is 3.10. The number of ether oxygens (including phenoxy) is 1. The van der Waals surface area contributed by atoms with Crippen molar-refractivity contribution < 1.29 is 9.13 Å². The minimum absolute atomic E-state index is 0.287. The number of nitrogens with two attached hydrogens (primary N) is 2. The third kappa shape index (κ3) is 2.23. The molecule has 0 aromatic heterocycles. The SMILES string of the molecule is COc1cc(C=CCN)c(F)cc1N. The van der Waals surface area contributed by atoms with Gasteiger partial charge in [-0.25, -0.2) is 4.39 Å². The molecule has 0 unspecified atom stereocenters. The standard InChI is InChI=1S/C10H13FN2O/c1-14-10-5-7(3-2-4-12)8(11)6-9(10)13/h2-3,5-6H,4,12-13H2,1H3. The number of hydrogen-bond acceptors (Lipinski definition) is 3. The molecule has 0 bridgehead atoms. The molecule has 4 heteroatoms. The van der Waals surface area contributed by atoms with Crippen LogP contribution in [0.4, 0.5) is 10.1 Å². The third-order valence-electron chi connectivity index (χ3n) is 1.78. The van der Waals surface area contributed by atoms with Gasteiger partial charge in [-0.05, 0) is 6.07 Å². The van der Waals surface area contributed by atoms with E-state index in [0.717, 1.165) is 0 Å². The molecule has 0 radical (unpaired) electrons. The molecule has 0 amide bonds. The highest BCUT2D eigenvalue weighted by molar-refractivity contribution is 5.61. The first-order chi connectivity index (χ1) is 6.69. The smallest absolute Gasteiger partial charge is 0.142 e. The van der Waals surface area contributed by atoms with Gasteiger partial charge in [0.2, 0.25) is 0 Å². The summed E-state index contributed by atoms with van der Waals surface area (Å²) in [5.41, 5.74) is 11.5. The zero-order valence-electron chi connectivity index (χ0n) is 7.96. The number of anilines is 1. The number of halogens is 1. The maximum absolute atomic E-state index is 13.3. The Bertz CT molecular complexity index is 350. The molecule has 0 fully saturated rings. The molecule has 0 aliphatic heterocycles. The molecule has 1 aromatic carbocycles. The van der Waals surface area contributed by atoms with Gasteiger partial charge in [0.1, 0.15) is 11.6 Å². The van der Waals surface area contributed by atoms with Gasteiger partial charge < -0.3 is 16.2 Å². The Morgan fingerprint density at radius 3 is 2.79 bits per heavy atom. The summed E-state index contributed by atoms with van der Waals surface area (Å²) in [6.07, 6.45) is 3.26. The monoisotopic (exact) mass is 196 g/mol. The predicted octanol–water partition coefficient (Wildman–Crippen LogP) is 1.39. The van der Waals surface area contributed by atoms with Gasteiger partial charge in [0.05, 0.1) is 12.8 Å². The molecule has 1 aromatic rings. The van der Waals surface area contributed by atoms with Gasteiger partial charge in [-0.2, -0.15) is 0 Å². The van der Waals surface area contributed by atoms with Crippen molar-refractivity contribution in [3.8, 4) is 5.75 Å². The number of rotatable bonds is 3. The average molecular weight is 196 g/mol. The fourth-order valence-electron chi connectivity index (χ4n) is 1.08. The van der Waals surface area contributed by atoms with Gasteiger partial charge >= 0.3 is 0 Å². The van der Waals surface area contributed by atoms with Crippen molar-refractivity contribution in [1.82, 2.24) is 0 Å². The first kappa shape index (κ1) is 10.5. The van der Waals surface area contributed by atoms with Crippen LogP contribution in [0.3, 0.4) is 0 Å². The Morgan fingerprint density at radius 2 is 2.21 bits per heavy atom. The lowest BCUT2D eigenvalue weighted by Crippen LogP contribution is -1.96. The van der Waals surface area contributed by atoms with Crippen molar-refractivity contribution in [3.05, 3.63) is 29.6 Å². The zero-order valence-corrected chi connectivity index (χ0v) is 7.96. The van der Waals surface area contributed by atoms with Gasteiger partial charge in [0.15, 0.2) is 0 Å². The van der Waals surface area contributed by atoms with Gasteiger partial charge in [-0.3, -0.25) is 0 Å². The minimum atomic E-state index is -0.381. The van der Waals surface area contributed by atoms with E-state index in [9.17, 15) is 4.39 Å². The summed E-state index contributed by atoms with van der Waals surface area (Å²) >= 11 is 0. The summed E-state index contributed by atoms with van der Waals surface area (Å²) < 4.78 is 18.2. The van der Waals surface area contributed by atoms with Crippen molar-refractivity contribution in [2.24, 2.45) is 5.73 Å². The van der Waals surface area contributed by atoms with E-state index in [0.29, 0.717) is 17.9 Å². The van der Waals surface area contributed by atoms with Crippen LogP contribution >= 0.6 is 0 Å². The van der Waals surface area contributed by atoms with Gasteiger partial charge in [-0.1, -0.05) is 12.2 Å². The van der Waals surface area contributed by atoms with E-state index < -0.39 is 0 Å². The summed E-state index contributed by atoms with van der Waals surface area (Å²) in [5.74, 6) is 0.0797. The Labute approximate surface area is 82.2 Å². The highest BCUT2D eigenvalue weighted by Crippen LogP contribution is 2.25. The normalized spacial score (nSPS) is 10.8. The van der Waals surface area contributed by atoms with Crippen LogP contribution in [0.5, 0.6) is 5.75 Å². The molecule has 0 spiro atoms. The molecule has 4 N–H and O–H groups in total. The van der Waals surface area contributed by atoms with Crippen LogP contribution in [-0.4, -0.2) is 13.7 Å². The van der Waals surface area contributed by atoms with E-state index in [4.69, 9.17) is 16.2 Å². The second-order valence-electron chi connectivity index (χ2n) is 2.75. The van der Waals surface area contributed by atoms with Crippen LogP contribution in [0.1, 0.15) is 5.56 Å². The zero-order chi connectivity index (χ0) is 10.6. The summed E-state index contributed by atoms with van der Waals surface area (Å²) in [5, 5.41) is 0. The fraction of sp³-hybridized carbons (Fsp3) is 0.200. The van der Waals surface area contributed by atoms with Crippen LogP contribution in [0.2, 0.25) is 0 Å². The Morgan fingerprint density at radius 1 is 1.50 bits per heavy atom. The molecule has 0 heterocycles. The van der Waals surface area contributed by atoms with E-state index in [2.05, 4.69) is 0 Å². The van der Waals surface area contributed by atoms with E-state index in [1.807, 2.05) is 0 Å². The second kappa shape index (κ2) is 4.62. The lowest BCUT2D eigenvalue weighted by molar-refractivity contribution is 0.416. The van der Waals surface area contributed by atoms with E-state index in [1.165, 1.54) is 19.2 Å². The van der Waals surface area contributed by atoms with Crippen molar-refractivity contribution >= 4 is 11.8 Å². The fourth-order valence-corrected chi connectivity index (χ4v) is 1.08. The van der Waals surface area contributed by atoms with Crippen LogP contribution in [0.25, 0.3) is 6.08 Å². The van der Waals surface area contributed by atoms with Crippen LogP contribution < -0.4 is 16.2 Å². The quantitative estimate of drug-likeness (QED) is 0.718. The molecule has 0 saturated carbocycles. The molecule has 0 aliphatic rings. The average Bonchev–Trinajstić information content (AvgIpc) is 2.17. The van der Waals surface area contributed by atoms with E-state index in [1.54, 1.807) is 12.2 Å². The summed E-state index contributed by atoms with van der Waals surface area (Å²) in [6, 6.07) is 2.77. The Kier molecular flexibility index (Phi) is 3.48. The van der Waals surface area contributed by atoms with Gasteiger partial charge in [-0.15, -0.1) is 0 Å². The molecule has 0 aliphatic carbocycles. The minimum Gasteiger partial charge on any atom is -0.495 e. The molecular weight excluding hydrogens is 183 g/mol. The molecule has 0 atom stereocenters. The van der Waals surface area contributed by atoms with Gasteiger partial charge in [0, 0.05) is 18.2 Å². The number of hydrogen-bond donors (Lipinski definition) is 2. The maximum atomic E-state index is 13.3. The van der Waals surface area contributed by atoms with Crippen molar-refractivity contribution in [3.63, 3.8) is 0 Å². The van der Waals surface area contributed by atoms with Crippen LogP contribution in [-0.2, 0) is 0 Å². The van der Waals surface area contributed by atoms with E-state index in [-0.39, 0.29) is 11.5 Å². The van der Waals surface area contributed by atoms with E-state index >= 15 is 0 Å². The summed E-state index contributed by atoms with van der Waals surface area (Å²) in [6.45, 7) is 0.367. The summed E-state index contributed by atoms with van der Waals surface area (Å²) in [4.78, 5) is 0. The first-order valence-corrected chi connectivity index (χ1v) is 4.18. The third-order valence-corrected chi connectivity index (χ3v) is 1.78. The maximum Gasteiger partial charge on any atom is 0.142 e. The first-order valence-electron chi connectivity index (χ1n) is 4.18. The van der Waals surface area contributed by atoms with Crippen molar-refractivity contribution in [1.29, 1.82) is 0 Å². The number of methoxy groups -OCH3 is 1. The van der Waals surface area contributed by atoms with Crippen molar-refractivity contribution in [2.45, 2.75) is 0 Å². The lowest BCUT2D eigenvalue weighted by atomic mass is 10.1. The molecule has 0 saturated heterocycles. The predicted molar refractivity (Wildman–Crippen MR) is 55.5 cm³/mol. The highest BCUT2D eigenvalue weighted by atomic mass is 19.1. The second-order valence-corrected chi connectivity index (χ2v) is 2.75.